The third-order valence-corrected chi connectivity index (χ3v) is 5.25. The van der Waals surface area contributed by atoms with Crippen LogP contribution >= 0.6 is 0 Å². The molecule has 0 fully saturated rings. The van der Waals surface area contributed by atoms with Crippen LogP contribution in [-0.2, 0) is 11.3 Å². The Morgan fingerprint density at radius 1 is 0.968 bits per heavy atom. The van der Waals surface area contributed by atoms with Crippen LogP contribution in [0.5, 0.6) is 0 Å². The van der Waals surface area contributed by atoms with Crippen LogP contribution in [0.2, 0.25) is 0 Å². The molecule has 2 heterocycles. The first-order valence-corrected chi connectivity index (χ1v) is 10.1. The summed E-state index contributed by atoms with van der Waals surface area (Å²) in [6.45, 7) is 9.59. The lowest BCUT2D eigenvalue weighted by Crippen LogP contribution is -2.31. The van der Waals surface area contributed by atoms with Crippen molar-refractivity contribution in [3.63, 3.8) is 0 Å². The van der Waals surface area contributed by atoms with Crippen molar-refractivity contribution in [3.8, 4) is 5.69 Å². The summed E-state index contributed by atoms with van der Waals surface area (Å²) in [6.07, 6.45) is 1.65. The van der Waals surface area contributed by atoms with Gasteiger partial charge in [-0.1, -0.05) is 23.8 Å². The zero-order chi connectivity index (χ0) is 22.3. The highest BCUT2D eigenvalue weighted by Crippen LogP contribution is 2.21. The van der Waals surface area contributed by atoms with E-state index in [1.807, 2.05) is 71.0 Å². The molecule has 0 saturated heterocycles. The van der Waals surface area contributed by atoms with Crippen LogP contribution < -0.4 is 10.9 Å². The van der Waals surface area contributed by atoms with Crippen LogP contribution in [0.3, 0.4) is 0 Å². The largest absolute Gasteiger partial charge is 0.324 e. The van der Waals surface area contributed by atoms with Gasteiger partial charge < -0.3 is 5.32 Å². The number of hydrogen-bond donors (Lipinski definition) is 1. The van der Waals surface area contributed by atoms with Crippen LogP contribution in [0, 0.1) is 34.6 Å². The Labute approximate surface area is 180 Å². The molecule has 0 aliphatic heterocycles. The van der Waals surface area contributed by atoms with E-state index >= 15 is 0 Å². The van der Waals surface area contributed by atoms with E-state index in [2.05, 4.69) is 15.5 Å². The van der Waals surface area contributed by atoms with Gasteiger partial charge in [0.25, 0.3) is 5.56 Å². The third-order valence-electron chi connectivity index (χ3n) is 5.25. The van der Waals surface area contributed by atoms with Crippen LogP contribution in [0.25, 0.3) is 16.6 Å². The Balaban J connectivity index is 1.73. The maximum absolute atomic E-state index is 13.3. The molecule has 2 aromatic heterocycles. The molecule has 0 aliphatic carbocycles. The van der Waals surface area contributed by atoms with Crippen LogP contribution in [0.1, 0.15) is 27.9 Å². The number of benzene rings is 2. The summed E-state index contributed by atoms with van der Waals surface area (Å²) in [7, 11) is 0. The van der Waals surface area contributed by atoms with E-state index in [9.17, 15) is 9.59 Å². The fraction of sp³-hybridized carbons (Fsp3) is 0.250. The zero-order valence-corrected chi connectivity index (χ0v) is 18.4. The average Bonchev–Trinajstić information content (AvgIpc) is 3.10. The van der Waals surface area contributed by atoms with E-state index in [-0.39, 0.29) is 18.0 Å². The Kier molecular flexibility index (Phi) is 5.19. The molecule has 0 unspecified atom stereocenters. The molecular weight excluding hydrogens is 390 g/mol. The molecule has 2 aromatic carbocycles. The number of rotatable bonds is 4. The summed E-state index contributed by atoms with van der Waals surface area (Å²) in [5, 5.41) is 12.3. The number of aryl methyl sites for hydroxylation is 5. The number of aromatic nitrogens is 4. The highest BCUT2D eigenvalue weighted by molar-refractivity contribution is 5.91. The Hall–Kier alpha value is -3.74. The van der Waals surface area contributed by atoms with Crippen molar-refractivity contribution in [1.82, 2.24) is 19.6 Å². The highest BCUT2D eigenvalue weighted by Gasteiger charge is 2.17. The lowest BCUT2D eigenvalue weighted by Gasteiger charge is -2.11. The second kappa shape index (κ2) is 7.83. The minimum Gasteiger partial charge on any atom is -0.324 e. The van der Waals surface area contributed by atoms with Crippen molar-refractivity contribution in [2.75, 3.05) is 5.32 Å². The summed E-state index contributed by atoms with van der Waals surface area (Å²) in [5.41, 5.74) is 6.50. The van der Waals surface area contributed by atoms with E-state index in [0.717, 1.165) is 27.9 Å². The maximum Gasteiger partial charge on any atom is 0.293 e. The standard InChI is InChI=1S/C24H25N5O2/c1-14-6-7-21(17(4)9-14)29-23-20(12-25-29)18(5)27-28(24(23)31)13-22(30)26-19-10-15(2)8-16(3)11-19/h6-12H,13H2,1-5H3,(H,26,30). The first-order valence-electron chi connectivity index (χ1n) is 10.1. The quantitative estimate of drug-likeness (QED) is 0.550. The molecule has 7 heteroatoms. The van der Waals surface area contributed by atoms with Crippen molar-refractivity contribution in [3.05, 3.63) is 80.9 Å². The molecule has 1 N–H and O–H groups in total. The van der Waals surface area contributed by atoms with Crippen molar-refractivity contribution in [2.45, 2.75) is 41.2 Å². The smallest absolute Gasteiger partial charge is 0.293 e. The fourth-order valence-corrected chi connectivity index (χ4v) is 3.94. The second-order valence-corrected chi connectivity index (χ2v) is 8.08. The minimum atomic E-state index is -0.353. The van der Waals surface area contributed by atoms with Crippen LogP contribution in [-0.4, -0.2) is 25.5 Å². The molecular formula is C24H25N5O2. The minimum absolute atomic E-state index is 0.180. The summed E-state index contributed by atoms with van der Waals surface area (Å²) >= 11 is 0. The summed E-state index contributed by atoms with van der Waals surface area (Å²) in [4.78, 5) is 25.9. The summed E-state index contributed by atoms with van der Waals surface area (Å²) < 4.78 is 2.84. The number of fused-ring (bicyclic) bond motifs is 1. The van der Waals surface area contributed by atoms with Gasteiger partial charge in [-0.15, -0.1) is 0 Å². The number of carbonyl (C=O) groups excluding carboxylic acids is 1. The van der Waals surface area contributed by atoms with Gasteiger partial charge in [0.05, 0.1) is 17.6 Å². The SMILES string of the molecule is Cc1cc(C)cc(NC(=O)Cn2nc(C)c3cnn(-c4ccc(C)cc4C)c3c2=O)c1. The predicted molar refractivity (Wildman–Crippen MR) is 122 cm³/mol. The molecule has 7 nitrogen and oxygen atoms in total. The average molecular weight is 415 g/mol. The van der Waals surface area contributed by atoms with E-state index < -0.39 is 0 Å². The second-order valence-electron chi connectivity index (χ2n) is 8.08. The van der Waals surface area contributed by atoms with Crippen molar-refractivity contribution in [1.29, 1.82) is 0 Å². The first kappa shape index (κ1) is 20.5. The van der Waals surface area contributed by atoms with Gasteiger partial charge >= 0.3 is 0 Å². The van der Waals surface area contributed by atoms with Crippen LogP contribution in [0.15, 0.2) is 47.4 Å². The molecule has 0 saturated carbocycles. The van der Waals surface area contributed by atoms with Crippen molar-refractivity contribution < 1.29 is 4.79 Å². The number of nitrogens with zero attached hydrogens (tertiary/aromatic N) is 4. The van der Waals surface area contributed by atoms with Gasteiger partial charge in [-0.05, 0) is 69.5 Å². The molecule has 158 valence electrons. The summed E-state index contributed by atoms with van der Waals surface area (Å²) in [6, 6.07) is 11.8. The van der Waals surface area contributed by atoms with Gasteiger partial charge in [0.15, 0.2) is 0 Å². The molecule has 0 spiro atoms. The molecule has 0 bridgehead atoms. The van der Waals surface area contributed by atoms with Gasteiger partial charge in [0.2, 0.25) is 5.91 Å². The van der Waals surface area contributed by atoms with Crippen molar-refractivity contribution >= 4 is 22.5 Å². The lowest BCUT2D eigenvalue weighted by atomic mass is 10.1. The molecule has 4 rings (SSSR count). The monoisotopic (exact) mass is 415 g/mol. The number of hydrogen-bond acceptors (Lipinski definition) is 4. The van der Waals surface area contributed by atoms with E-state index in [0.29, 0.717) is 22.3 Å². The fourth-order valence-electron chi connectivity index (χ4n) is 3.94. The Morgan fingerprint density at radius 2 is 1.68 bits per heavy atom. The Bertz CT molecular complexity index is 1360. The van der Waals surface area contributed by atoms with Crippen molar-refractivity contribution in [2.24, 2.45) is 0 Å². The van der Waals surface area contributed by atoms with Gasteiger partial charge in [-0.25, -0.2) is 9.36 Å². The lowest BCUT2D eigenvalue weighted by molar-refractivity contribution is -0.117. The van der Waals surface area contributed by atoms with Gasteiger partial charge in [-0.3, -0.25) is 9.59 Å². The van der Waals surface area contributed by atoms with Gasteiger partial charge in [0.1, 0.15) is 12.1 Å². The number of nitrogens with one attached hydrogen (secondary N) is 1. The van der Waals surface area contributed by atoms with E-state index in [4.69, 9.17) is 0 Å². The molecule has 0 aliphatic rings. The van der Waals surface area contributed by atoms with Gasteiger partial charge in [-0.2, -0.15) is 10.2 Å². The summed E-state index contributed by atoms with van der Waals surface area (Å²) in [5.74, 6) is -0.309. The zero-order valence-electron chi connectivity index (χ0n) is 18.4. The molecule has 0 atom stereocenters. The normalized spacial score (nSPS) is 11.1. The molecule has 31 heavy (non-hydrogen) atoms. The number of carbonyl (C=O) groups is 1. The van der Waals surface area contributed by atoms with E-state index in [1.165, 1.54) is 4.68 Å². The third kappa shape index (κ3) is 3.99. The van der Waals surface area contributed by atoms with Crippen LogP contribution in [0.4, 0.5) is 5.69 Å². The van der Waals surface area contributed by atoms with Gasteiger partial charge in [0, 0.05) is 11.1 Å². The number of amides is 1. The molecule has 0 radical (unpaired) electrons. The molecule has 4 aromatic rings. The number of anilines is 1. The topological polar surface area (TPSA) is 81.8 Å². The molecule has 1 amide bonds. The van der Waals surface area contributed by atoms with E-state index in [1.54, 1.807) is 10.9 Å². The first-order chi connectivity index (χ1) is 14.7. The maximum atomic E-state index is 13.3. The highest BCUT2D eigenvalue weighted by atomic mass is 16.2. The Morgan fingerprint density at radius 3 is 2.35 bits per heavy atom. The predicted octanol–water partition coefficient (Wildman–Crippen LogP) is 3.76.